The van der Waals surface area contributed by atoms with Crippen LogP contribution in [0, 0.1) is 0 Å². The fourth-order valence-electron chi connectivity index (χ4n) is 0. The lowest BCUT2D eigenvalue weighted by atomic mass is 10.0. The van der Waals surface area contributed by atoms with E-state index in [2.05, 4.69) is 0 Å². The predicted molar refractivity (Wildman–Crippen MR) is 27.9 cm³/mol. The Morgan fingerprint density at radius 2 is 1.80 bits per heavy atom. The van der Waals surface area contributed by atoms with Gasteiger partial charge in [0.05, 0.1) is 0 Å². The molecule has 0 aromatic carbocycles. The quantitative estimate of drug-likeness (QED) is 0.453. The minimum atomic E-state index is -0.171. The molecule has 0 amide bonds. The highest BCUT2D eigenvalue weighted by molar-refractivity contribution is 7.33. The number of rotatable bonds is 1. The molecule has 0 bridgehead atoms. The molecule has 0 nitrogen and oxygen atoms in total. The largest absolute Gasteiger partial charge is 0.351 e. The SMILES string of the molecule is CCB(Cl)Cl. The van der Waals surface area contributed by atoms with Crippen LogP contribution in [-0.4, -0.2) is 5.54 Å². The van der Waals surface area contributed by atoms with E-state index >= 15 is 0 Å². The van der Waals surface area contributed by atoms with Gasteiger partial charge in [-0.2, -0.15) is 22.9 Å². The van der Waals surface area contributed by atoms with Gasteiger partial charge in [0.1, 0.15) is 0 Å². The third-order valence-corrected chi connectivity index (χ3v) is 0.926. The molecule has 0 aromatic heterocycles. The topological polar surface area (TPSA) is 0 Å². The van der Waals surface area contributed by atoms with Gasteiger partial charge in [0, 0.05) is 0 Å². The van der Waals surface area contributed by atoms with Gasteiger partial charge in [0.2, 0.25) is 0 Å². The molecule has 0 saturated heterocycles. The molecule has 0 atom stereocenters. The molecule has 0 heterocycles. The van der Waals surface area contributed by atoms with E-state index in [9.17, 15) is 0 Å². The summed E-state index contributed by atoms with van der Waals surface area (Å²) in [4.78, 5) is 0. The van der Waals surface area contributed by atoms with Crippen molar-refractivity contribution in [2.24, 2.45) is 0 Å². The summed E-state index contributed by atoms with van der Waals surface area (Å²) in [6.45, 7) is 1.94. The standard InChI is InChI=1S/C2H5BCl2/c1-2-3(4)5/h2H2,1H3. The zero-order valence-electron chi connectivity index (χ0n) is 3.04. The minimum absolute atomic E-state index is 0.171. The first-order chi connectivity index (χ1) is 2.27. The highest BCUT2D eigenvalue weighted by Crippen LogP contribution is 1.98. The van der Waals surface area contributed by atoms with Crippen LogP contribution in [0.3, 0.4) is 0 Å². The van der Waals surface area contributed by atoms with Crippen LogP contribution in [0.15, 0.2) is 0 Å². The van der Waals surface area contributed by atoms with Crippen LogP contribution >= 0.6 is 22.9 Å². The zero-order chi connectivity index (χ0) is 4.28. The molecule has 0 aliphatic rings. The third kappa shape index (κ3) is 4.64. The van der Waals surface area contributed by atoms with E-state index in [1.807, 2.05) is 6.92 Å². The molecule has 0 aromatic rings. The van der Waals surface area contributed by atoms with Crippen LogP contribution < -0.4 is 0 Å². The predicted octanol–water partition coefficient (Wildman–Crippen LogP) is 1.97. The number of halogens is 2. The third-order valence-electron chi connectivity index (χ3n) is 0.309. The zero-order valence-corrected chi connectivity index (χ0v) is 4.55. The van der Waals surface area contributed by atoms with E-state index in [-0.39, 0.29) is 5.54 Å². The van der Waals surface area contributed by atoms with Gasteiger partial charge in [0.15, 0.2) is 0 Å². The Balaban J connectivity index is 2.54. The summed E-state index contributed by atoms with van der Waals surface area (Å²) in [7, 11) is 0. The lowest BCUT2D eigenvalue weighted by Gasteiger charge is -1.77. The van der Waals surface area contributed by atoms with E-state index in [0.717, 1.165) is 6.32 Å². The second-order valence-electron chi connectivity index (χ2n) is 0.799. The average molecular weight is 111 g/mol. The van der Waals surface area contributed by atoms with Crippen molar-refractivity contribution < 1.29 is 0 Å². The van der Waals surface area contributed by atoms with Crippen molar-refractivity contribution in [3.8, 4) is 0 Å². The molecular formula is C2H5BCl2. The normalized spacial score (nSPS) is 7.80. The average Bonchev–Trinajstić information content (AvgIpc) is 1.38. The first kappa shape index (κ1) is 5.64. The van der Waals surface area contributed by atoms with Gasteiger partial charge in [-0.15, -0.1) is 0 Å². The van der Waals surface area contributed by atoms with Gasteiger partial charge in [-0.3, -0.25) is 0 Å². The van der Waals surface area contributed by atoms with Crippen LogP contribution in [-0.2, 0) is 0 Å². The summed E-state index contributed by atoms with van der Waals surface area (Å²) in [5, 5.41) is 0. The fourth-order valence-corrected chi connectivity index (χ4v) is 0. The van der Waals surface area contributed by atoms with Crippen molar-refractivity contribution in [3.05, 3.63) is 0 Å². The molecule has 0 fully saturated rings. The highest BCUT2D eigenvalue weighted by Gasteiger charge is 1.96. The second kappa shape index (κ2) is 2.86. The van der Waals surface area contributed by atoms with Crippen molar-refractivity contribution in [2.45, 2.75) is 13.2 Å². The second-order valence-corrected chi connectivity index (χ2v) is 2.08. The Bertz CT molecular complexity index is 21.6. The molecule has 0 aliphatic heterocycles. The van der Waals surface area contributed by atoms with Crippen molar-refractivity contribution >= 4 is 28.5 Å². The molecule has 0 saturated carbocycles. The molecule has 0 N–H and O–H groups in total. The number of hydrogen-bond acceptors (Lipinski definition) is 0. The van der Waals surface area contributed by atoms with Crippen molar-refractivity contribution in [3.63, 3.8) is 0 Å². The van der Waals surface area contributed by atoms with Gasteiger partial charge in [-0.25, -0.2) is 0 Å². The maximum atomic E-state index is 5.23. The number of hydrogen-bond donors (Lipinski definition) is 0. The lowest BCUT2D eigenvalue weighted by molar-refractivity contribution is 1.47. The molecular weight excluding hydrogens is 106 g/mol. The van der Waals surface area contributed by atoms with Crippen LogP contribution in [0.1, 0.15) is 6.92 Å². The van der Waals surface area contributed by atoms with Crippen molar-refractivity contribution in [1.82, 2.24) is 0 Å². The van der Waals surface area contributed by atoms with Crippen LogP contribution in [0.5, 0.6) is 0 Å². The molecule has 0 radical (unpaired) electrons. The van der Waals surface area contributed by atoms with Crippen molar-refractivity contribution in [2.75, 3.05) is 0 Å². The molecule has 0 unspecified atom stereocenters. The Morgan fingerprint density at radius 3 is 1.80 bits per heavy atom. The van der Waals surface area contributed by atoms with E-state index in [1.54, 1.807) is 0 Å². The molecule has 0 aliphatic carbocycles. The Kier molecular flexibility index (Phi) is 3.23. The van der Waals surface area contributed by atoms with Crippen LogP contribution in [0.25, 0.3) is 0 Å². The molecule has 0 rings (SSSR count). The van der Waals surface area contributed by atoms with Gasteiger partial charge in [-0.1, -0.05) is 6.92 Å². The first-order valence-electron chi connectivity index (χ1n) is 1.55. The van der Waals surface area contributed by atoms with Gasteiger partial charge >= 0.3 is 5.54 Å². The lowest BCUT2D eigenvalue weighted by Crippen LogP contribution is -1.83. The summed E-state index contributed by atoms with van der Waals surface area (Å²) in [5.41, 5.74) is -0.171. The smallest absolute Gasteiger partial charge is 0.172 e. The molecule has 5 heavy (non-hydrogen) atoms. The Morgan fingerprint density at radius 1 is 1.60 bits per heavy atom. The maximum absolute atomic E-state index is 5.23. The van der Waals surface area contributed by atoms with Crippen LogP contribution in [0.2, 0.25) is 6.32 Å². The molecule has 0 spiro atoms. The van der Waals surface area contributed by atoms with E-state index in [1.165, 1.54) is 0 Å². The van der Waals surface area contributed by atoms with Gasteiger partial charge in [-0.05, 0) is 6.32 Å². The Labute approximate surface area is 42.4 Å². The van der Waals surface area contributed by atoms with E-state index < -0.39 is 0 Å². The van der Waals surface area contributed by atoms with E-state index in [4.69, 9.17) is 22.9 Å². The van der Waals surface area contributed by atoms with Gasteiger partial charge in [0.25, 0.3) is 0 Å². The minimum Gasteiger partial charge on any atom is -0.172 e. The van der Waals surface area contributed by atoms with E-state index in [0.29, 0.717) is 0 Å². The summed E-state index contributed by atoms with van der Waals surface area (Å²) in [6.07, 6.45) is 0.836. The maximum Gasteiger partial charge on any atom is 0.351 e. The molecule has 30 valence electrons. The summed E-state index contributed by atoms with van der Waals surface area (Å²) >= 11 is 10.5. The Hall–Kier alpha value is 0.645. The monoisotopic (exact) mass is 110 g/mol. The fraction of sp³-hybridized carbons (Fsp3) is 1.00. The highest BCUT2D eigenvalue weighted by atomic mass is 35.5. The molecule has 3 heteroatoms. The summed E-state index contributed by atoms with van der Waals surface area (Å²) in [5.74, 6) is 0. The van der Waals surface area contributed by atoms with Crippen molar-refractivity contribution in [1.29, 1.82) is 0 Å². The van der Waals surface area contributed by atoms with Gasteiger partial charge < -0.3 is 0 Å². The van der Waals surface area contributed by atoms with Crippen LogP contribution in [0.4, 0.5) is 0 Å². The summed E-state index contributed by atoms with van der Waals surface area (Å²) in [6, 6.07) is 0. The first-order valence-corrected chi connectivity index (χ1v) is 2.42. The summed E-state index contributed by atoms with van der Waals surface area (Å²) < 4.78 is 0.